The van der Waals surface area contributed by atoms with Crippen LogP contribution in [0.4, 0.5) is 0 Å². The molecule has 0 atom stereocenters. The Labute approximate surface area is 138 Å². The Morgan fingerprint density at radius 2 is 1.48 bits per heavy atom. The molecule has 21 heavy (non-hydrogen) atoms. The van der Waals surface area contributed by atoms with Crippen LogP contribution in [0.25, 0.3) is 0 Å². The van der Waals surface area contributed by atoms with E-state index in [1.807, 2.05) is 30.3 Å². The van der Waals surface area contributed by atoms with Gasteiger partial charge in [-0.2, -0.15) is 0 Å². The van der Waals surface area contributed by atoms with Gasteiger partial charge in [-0.3, -0.25) is 4.79 Å². The lowest BCUT2D eigenvalue weighted by Crippen LogP contribution is -2.20. The van der Waals surface area contributed by atoms with Crippen molar-refractivity contribution in [1.82, 2.24) is 5.32 Å². The summed E-state index contributed by atoms with van der Waals surface area (Å²) >= 11 is 3.31. The maximum absolute atomic E-state index is 10.5. The first-order valence-electron chi connectivity index (χ1n) is 8.11. The summed E-state index contributed by atoms with van der Waals surface area (Å²) in [4.78, 5) is 10.5. The van der Waals surface area contributed by atoms with Crippen molar-refractivity contribution in [3.8, 4) is 0 Å². The van der Waals surface area contributed by atoms with Crippen LogP contribution in [0.15, 0.2) is 34.8 Å². The number of hydrogen-bond acceptors (Lipinski definition) is 1. The highest BCUT2D eigenvalue weighted by atomic mass is 79.9. The number of carbonyl (C=O) groups excluding carboxylic acids is 1. The summed E-state index contributed by atoms with van der Waals surface area (Å²) in [5, 5.41) is 2.82. The molecule has 1 rings (SSSR count). The molecule has 0 bridgehead atoms. The van der Waals surface area contributed by atoms with Gasteiger partial charge in [-0.25, -0.2) is 0 Å². The molecule has 1 amide bonds. The molecule has 1 N–H and O–H groups in total. The standard InChI is InChI=1S/C12H25NO.C6H5Br/c1-3-4-5-6-7-8-9-10-11-13-12(2)14;7-6-4-2-1-3-5-6/h3-11H2,1-2H3,(H,13,14);1-5H. The summed E-state index contributed by atoms with van der Waals surface area (Å²) in [6.07, 6.45) is 10.5. The number of carbonyl (C=O) groups is 1. The molecule has 0 fully saturated rings. The van der Waals surface area contributed by atoms with Crippen molar-refractivity contribution >= 4 is 21.8 Å². The molecule has 0 radical (unpaired) electrons. The smallest absolute Gasteiger partial charge is 0.216 e. The highest BCUT2D eigenvalue weighted by Crippen LogP contribution is 2.07. The van der Waals surface area contributed by atoms with Crippen LogP contribution in [-0.2, 0) is 4.79 Å². The van der Waals surface area contributed by atoms with E-state index in [1.165, 1.54) is 44.9 Å². The Kier molecular flexibility index (Phi) is 14.9. The minimum Gasteiger partial charge on any atom is -0.356 e. The van der Waals surface area contributed by atoms with Crippen molar-refractivity contribution in [2.75, 3.05) is 6.54 Å². The molecule has 0 aliphatic carbocycles. The van der Waals surface area contributed by atoms with Crippen molar-refractivity contribution in [2.45, 2.75) is 65.2 Å². The van der Waals surface area contributed by atoms with E-state index in [9.17, 15) is 4.79 Å². The maximum Gasteiger partial charge on any atom is 0.216 e. The van der Waals surface area contributed by atoms with Gasteiger partial charge in [0.15, 0.2) is 0 Å². The molecular formula is C18H30BrNO. The average molecular weight is 356 g/mol. The van der Waals surface area contributed by atoms with Gasteiger partial charge in [0.05, 0.1) is 0 Å². The van der Waals surface area contributed by atoms with E-state index < -0.39 is 0 Å². The summed E-state index contributed by atoms with van der Waals surface area (Å²) < 4.78 is 1.13. The van der Waals surface area contributed by atoms with Gasteiger partial charge in [-0.15, -0.1) is 0 Å². The van der Waals surface area contributed by atoms with Crippen molar-refractivity contribution in [3.63, 3.8) is 0 Å². The Morgan fingerprint density at radius 1 is 0.952 bits per heavy atom. The highest BCUT2D eigenvalue weighted by Gasteiger charge is 1.92. The lowest BCUT2D eigenvalue weighted by atomic mass is 10.1. The average Bonchev–Trinajstić information content (AvgIpc) is 2.47. The number of rotatable bonds is 9. The van der Waals surface area contributed by atoms with Crippen molar-refractivity contribution in [2.24, 2.45) is 0 Å². The Balaban J connectivity index is 0.000000471. The van der Waals surface area contributed by atoms with Crippen molar-refractivity contribution in [1.29, 1.82) is 0 Å². The van der Waals surface area contributed by atoms with E-state index in [0.717, 1.165) is 17.4 Å². The molecule has 0 unspecified atom stereocenters. The Bertz CT molecular complexity index is 340. The third-order valence-corrected chi connectivity index (χ3v) is 3.67. The zero-order valence-electron chi connectivity index (χ0n) is 13.5. The van der Waals surface area contributed by atoms with Crippen LogP contribution in [0.2, 0.25) is 0 Å². The van der Waals surface area contributed by atoms with Gasteiger partial charge in [0.1, 0.15) is 0 Å². The SMILES string of the molecule is Brc1ccccc1.CCCCCCCCCCNC(C)=O. The van der Waals surface area contributed by atoms with Crippen molar-refractivity contribution < 1.29 is 4.79 Å². The maximum atomic E-state index is 10.5. The van der Waals surface area contributed by atoms with Gasteiger partial charge in [-0.1, -0.05) is 86.0 Å². The summed E-state index contributed by atoms with van der Waals surface area (Å²) in [7, 11) is 0. The van der Waals surface area contributed by atoms with Crippen LogP contribution in [0.5, 0.6) is 0 Å². The van der Waals surface area contributed by atoms with Crippen LogP contribution in [0, 0.1) is 0 Å². The second kappa shape index (κ2) is 15.6. The van der Waals surface area contributed by atoms with Crippen LogP contribution < -0.4 is 5.32 Å². The molecular weight excluding hydrogens is 326 g/mol. The number of nitrogens with one attached hydrogen (secondary N) is 1. The molecule has 1 aromatic rings. The minimum absolute atomic E-state index is 0.0907. The van der Waals surface area contributed by atoms with Crippen LogP contribution in [0.1, 0.15) is 65.2 Å². The number of benzene rings is 1. The Morgan fingerprint density at radius 3 is 1.90 bits per heavy atom. The van der Waals surface area contributed by atoms with Crippen LogP contribution in [0.3, 0.4) is 0 Å². The Hall–Kier alpha value is -0.830. The second-order valence-corrected chi connectivity index (χ2v) is 6.17. The summed E-state index contributed by atoms with van der Waals surface area (Å²) in [6, 6.07) is 9.97. The van der Waals surface area contributed by atoms with Gasteiger partial charge in [0, 0.05) is 17.9 Å². The second-order valence-electron chi connectivity index (χ2n) is 5.25. The van der Waals surface area contributed by atoms with E-state index in [-0.39, 0.29) is 5.91 Å². The fourth-order valence-corrected chi connectivity index (χ4v) is 2.24. The lowest BCUT2D eigenvalue weighted by molar-refractivity contribution is -0.118. The number of amides is 1. The monoisotopic (exact) mass is 355 g/mol. The third kappa shape index (κ3) is 17.1. The largest absolute Gasteiger partial charge is 0.356 e. The molecule has 2 nitrogen and oxygen atoms in total. The van der Waals surface area contributed by atoms with Gasteiger partial charge in [0.25, 0.3) is 0 Å². The molecule has 120 valence electrons. The molecule has 0 saturated carbocycles. The van der Waals surface area contributed by atoms with Gasteiger partial charge < -0.3 is 5.32 Å². The first-order chi connectivity index (χ1) is 10.2. The summed E-state index contributed by atoms with van der Waals surface area (Å²) in [5.74, 6) is 0.0907. The zero-order valence-corrected chi connectivity index (χ0v) is 15.1. The molecule has 0 heterocycles. The molecule has 0 aromatic heterocycles. The summed E-state index contributed by atoms with van der Waals surface area (Å²) in [6.45, 7) is 4.67. The molecule has 0 aliphatic rings. The van der Waals surface area contributed by atoms with Gasteiger partial charge in [0.2, 0.25) is 5.91 Å². The van der Waals surface area contributed by atoms with E-state index in [2.05, 4.69) is 28.2 Å². The number of hydrogen-bond donors (Lipinski definition) is 1. The number of unbranched alkanes of at least 4 members (excludes halogenated alkanes) is 7. The first kappa shape index (κ1) is 20.2. The summed E-state index contributed by atoms with van der Waals surface area (Å²) in [5.41, 5.74) is 0. The quantitative estimate of drug-likeness (QED) is 0.564. The molecule has 1 aromatic carbocycles. The fourth-order valence-electron chi connectivity index (χ4n) is 1.94. The van der Waals surface area contributed by atoms with Crippen LogP contribution in [-0.4, -0.2) is 12.5 Å². The normalized spacial score (nSPS) is 9.67. The third-order valence-electron chi connectivity index (χ3n) is 3.14. The van der Waals surface area contributed by atoms with Gasteiger partial charge >= 0.3 is 0 Å². The molecule has 0 spiro atoms. The lowest BCUT2D eigenvalue weighted by Gasteiger charge is -2.02. The van der Waals surface area contributed by atoms with Crippen LogP contribution >= 0.6 is 15.9 Å². The molecule has 0 saturated heterocycles. The minimum atomic E-state index is 0.0907. The van der Waals surface area contributed by atoms with E-state index in [1.54, 1.807) is 6.92 Å². The predicted octanol–water partition coefficient (Wildman–Crippen LogP) is 5.71. The highest BCUT2D eigenvalue weighted by molar-refractivity contribution is 9.10. The predicted molar refractivity (Wildman–Crippen MR) is 95.4 cm³/mol. The molecule has 3 heteroatoms. The number of halogens is 1. The van der Waals surface area contributed by atoms with Gasteiger partial charge in [-0.05, 0) is 18.6 Å². The van der Waals surface area contributed by atoms with E-state index in [4.69, 9.17) is 0 Å². The van der Waals surface area contributed by atoms with E-state index in [0.29, 0.717) is 0 Å². The van der Waals surface area contributed by atoms with E-state index >= 15 is 0 Å². The van der Waals surface area contributed by atoms with Crippen molar-refractivity contribution in [3.05, 3.63) is 34.8 Å². The topological polar surface area (TPSA) is 29.1 Å². The molecule has 0 aliphatic heterocycles. The fraction of sp³-hybridized carbons (Fsp3) is 0.611. The first-order valence-corrected chi connectivity index (χ1v) is 8.91. The zero-order chi connectivity index (χ0) is 15.8.